The molecule has 1 aromatic carbocycles. The number of benzene rings is 1. The molecule has 6 nitrogen and oxygen atoms in total. The van der Waals surface area contributed by atoms with Crippen molar-refractivity contribution < 1.29 is 14.2 Å². The summed E-state index contributed by atoms with van der Waals surface area (Å²) in [5, 5.41) is 4.17. The minimum absolute atomic E-state index is 0.428. The second-order valence-electron chi connectivity index (χ2n) is 4.28. The molecule has 0 spiro atoms. The lowest BCUT2D eigenvalue weighted by molar-refractivity contribution is 0.349. The van der Waals surface area contributed by atoms with Gasteiger partial charge >= 0.3 is 0 Å². The number of rotatable bonds is 5. The average Bonchev–Trinajstić information content (AvgIpc) is 2.86. The van der Waals surface area contributed by atoms with Gasteiger partial charge in [-0.3, -0.25) is 4.68 Å². The maximum absolute atomic E-state index is 6.36. The predicted molar refractivity (Wildman–Crippen MR) is 75.3 cm³/mol. The largest absolute Gasteiger partial charge is 0.493 e. The number of aryl methyl sites for hydroxylation is 1. The predicted octanol–water partition coefficient (Wildman–Crippen LogP) is 1.49. The van der Waals surface area contributed by atoms with Crippen molar-refractivity contribution in [1.29, 1.82) is 0 Å². The molecule has 0 bridgehead atoms. The molecule has 20 heavy (non-hydrogen) atoms. The molecule has 1 atom stereocenters. The first kappa shape index (κ1) is 14.2. The number of nitrogens with zero attached hydrogens (tertiary/aromatic N) is 2. The minimum atomic E-state index is -0.428. The summed E-state index contributed by atoms with van der Waals surface area (Å²) < 4.78 is 17.7. The molecular weight excluding hydrogens is 258 g/mol. The second kappa shape index (κ2) is 5.83. The second-order valence-corrected chi connectivity index (χ2v) is 4.28. The van der Waals surface area contributed by atoms with Gasteiger partial charge in [-0.2, -0.15) is 5.10 Å². The van der Waals surface area contributed by atoms with Crippen LogP contribution in [-0.4, -0.2) is 31.1 Å². The first-order valence-corrected chi connectivity index (χ1v) is 6.16. The Morgan fingerprint density at radius 1 is 1.10 bits per heavy atom. The Morgan fingerprint density at radius 3 is 2.40 bits per heavy atom. The van der Waals surface area contributed by atoms with Crippen LogP contribution in [0.5, 0.6) is 17.2 Å². The van der Waals surface area contributed by atoms with Crippen molar-refractivity contribution in [2.75, 3.05) is 21.3 Å². The van der Waals surface area contributed by atoms with E-state index in [1.54, 1.807) is 32.2 Å². The van der Waals surface area contributed by atoms with Gasteiger partial charge in [0, 0.05) is 12.6 Å². The number of aromatic nitrogens is 2. The van der Waals surface area contributed by atoms with Gasteiger partial charge in [0.1, 0.15) is 5.69 Å². The average molecular weight is 277 g/mol. The molecule has 0 aliphatic carbocycles. The summed E-state index contributed by atoms with van der Waals surface area (Å²) in [6.07, 6.45) is 1.64. The molecule has 1 unspecified atom stereocenters. The van der Waals surface area contributed by atoms with Crippen LogP contribution in [0.2, 0.25) is 0 Å². The smallest absolute Gasteiger partial charge is 0.165 e. The Labute approximate surface area is 118 Å². The maximum Gasteiger partial charge on any atom is 0.165 e. The minimum Gasteiger partial charge on any atom is -0.493 e. The highest BCUT2D eigenvalue weighted by molar-refractivity contribution is 5.51. The normalized spacial score (nSPS) is 12.1. The first-order chi connectivity index (χ1) is 9.63. The van der Waals surface area contributed by atoms with Crippen LogP contribution in [0.4, 0.5) is 0 Å². The highest BCUT2D eigenvalue weighted by Gasteiger charge is 2.23. The van der Waals surface area contributed by atoms with E-state index in [9.17, 15) is 0 Å². The molecule has 6 heteroatoms. The van der Waals surface area contributed by atoms with Gasteiger partial charge in [0.2, 0.25) is 0 Å². The molecule has 2 N–H and O–H groups in total. The van der Waals surface area contributed by atoms with Crippen LogP contribution < -0.4 is 19.9 Å². The highest BCUT2D eigenvalue weighted by Crippen LogP contribution is 2.38. The van der Waals surface area contributed by atoms with Crippen molar-refractivity contribution >= 4 is 0 Å². The van der Waals surface area contributed by atoms with Crippen molar-refractivity contribution in [3.63, 3.8) is 0 Å². The zero-order valence-corrected chi connectivity index (χ0v) is 12.1. The molecule has 0 amide bonds. The monoisotopic (exact) mass is 277 g/mol. The highest BCUT2D eigenvalue weighted by atomic mass is 16.5. The van der Waals surface area contributed by atoms with Crippen LogP contribution in [0, 0.1) is 0 Å². The van der Waals surface area contributed by atoms with E-state index in [2.05, 4.69) is 5.10 Å². The van der Waals surface area contributed by atoms with Crippen LogP contribution in [0.1, 0.15) is 17.3 Å². The summed E-state index contributed by atoms with van der Waals surface area (Å²) >= 11 is 0. The zero-order chi connectivity index (χ0) is 14.7. The third-order valence-electron chi connectivity index (χ3n) is 3.23. The van der Waals surface area contributed by atoms with Gasteiger partial charge in [-0.05, 0) is 6.07 Å². The Morgan fingerprint density at radius 2 is 1.80 bits per heavy atom. The molecule has 0 saturated heterocycles. The van der Waals surface area contributed by atoms with Gasteiger partial charge in [0.15, 0.2) is 17.2 Å². The fourth-order valence-electron chi connectivity index (χ4n) is 2.24. The van der Waals surface area contributed by atoms with Gasteiger partial charge in [0.05, 0.1) is 33.6 Å². The van der Waals surface area contributed by atoms with E-state index in [0.717, 1.165) is 11.3 Å². The van der Waals surface area contributed by atoms with Crippen molar-refractivity contribution in [3.05, 3.63) is 35.7 Å². The zero-order valence-electron chi connectivity index (χ0n) is 12.1. The number of hydrogen-bond acceptors (Lipinski definition) is 5. The molecular formula is C14H19N3O3. The van der Waals surface area contributed by atoms with Crippen LogP contribution in [0.3, 0.4) is 0 Å². The Kier molecular flexibility index (Phi) is 4.14. The van der Waals surface area contributed by atoms with E-state index in [1.165, 1.54) is 0 Å². The van der Waals surface area contributed by atoms with Crippen molar-refractivity contribution in [3.8, 4) is 17.2 Å². The molecule has 0 aliphatic rings. The number of para-hydroxylation sites is 1. The van der Waals surface area contributed by atoms with Gasteiger partial charge in [0.25, 0.3) is 0 Å². The van der Waals surface area contributed by atoms with E-state index in [-0.39, 0.29) is 0 Å². The fourth-order valence-corrected chi connectivity index (χ4v) is 2.24. The van der Waals surface area contributed by atoms with Gasteiger partial charge in [-0.15, -0.1) is 0 Å². The lowest BCUT2D eigenvalue weighted by Gasteiger charge is -2.19. The van der Waals surface area contributed by atoms with E-state index in [0.29, 0.717) is 17.2 Å². The van der Waals surface area contributed by atoms with E-state index >= 15 is 0 Å². The summed E-state index contributed by atoms with van der Waals surface area (Å²) in [5.74, 6) is 1.90. The van der Waals surface area contributed by atoms with Crippen LogP contribution in [0.25, 0.3) is 0 Å². The molecule has 0 fully saturated rings. The summed E-state index contributed by atoms with van der Waals surface area (Å²) in [7, 11) is 6.60. The standard InChI is InChI=1S/C14H19N3O3/c1-17-13(11(19-3)8-16-17)12(15)9-6-5-7-10(18-2)14(9)20-4/h5-8,12H,15H2,1-4H3. The third kappa shape index (κ3) is 2.30. The van der Waals surface area contributed by atoms with E-state index in [1.807, 2.05) is 25.2 Å². The van der Waals surface area contributed by atoms with Gasteiger partial charge in [-0.1, -0.05) is 12.1 Å². The number of ether oxygens (including phenoxy) is 3. The van der Waals surface area contributed by atoms with Crippen LogP contribution >= 0.6 is 0 Å². The Bertz CT molecular complexity index is 595. The van der Waals surface area contributed by atoms with Crippen molar-refractivity contribution in [1.82, 2.24) is 9.78 Å². The molecule has 2 rings (SSSR count). The van der Waals surface area contributed by atoms with Crippen LogP contribution in [0.15, 0.2) is 24.4 Å². The summed E-state index contributed by atoms with van der Waals surface area (Å²) in [4.78, 5) is 0. The molecule has 0 aliphatic heterocycles. The van der Waals surface area contributed by atoms with E-state index in [4.69, 9.17) is 19.9 Å². The third-order valence-corrected chi connectivity index (χ3v) is 3.23. The topological polar surface area (TPSA) is 71.5 Å². The summed E-state index contributed by atoms with van der Waals surface area (Å²) in [6, 6.07) is 5.18. The van der Waals surface area contributed by atoms with Crippen molar-refractivity contribution in [2.24, 2.45) is 12.8 Å². The molecule has 0 saturated carbocycles. The lowest BCUT2D eigenvalue weighted by atomic mass is 10.0. The summed E-state index contributed by atoms with van der Waals surface area (Å²) in [6.45, 7) is 0. The van der Waals surface area contributed by atoms with Gasteiger partial charge < -0.3 is 19.9 Å². The lowest BCUT2D eigenvalue weighted by Crippen LogP contribution is -2.18. The Hall–Kier alpha value is -2.21. The quantitative estimate of drug-likeness (QED) is 0.896. The number of nitrogens with two attached hydrogens (primary N) is 1. The molecule has 108 valence electrons. The SMILES string of the molecule is COc1cccc(C(N)c2c(OC)cnn2C)c1OC. The molecule has 1 aromatic heterocycles. The summed E-state index contributed by atoms with van der Waals surface area (Å²) in [5.41, 5.74) is 7.95. The van der Waals surface area contributed by atoms with Crippen LogP contribution in [-0.2, 0) is 7.05 Å². The van der Waals surface area contributed by atoms with Crippen molar-refractivity contribution in [2.45, 2.75) is 6.04 Å². The maximum atomic E-state index is 6.36. The molecule has 0 radical (unpaired) electrons. The first-order valence-electron chi connectivity index (χ1n) is 6.16. The number of methoxy groups -OCH3 is 3. The van der Waals surface area contributed by atoms with E-state index < -0.39 is 6.04 Å². The molecule has 1 heterocycles. The molecule has 2 aromatic rings. The van der Waals surface area contributed by atoms with Gasteiger partial charge in [-0.25, -0.2) is 0 Å². The number of hydrogen-bond donors (Lipinski definition) is 1. The Balaban J connectivity index is 2.53. The fraction of sp³-hybridized carbons (Fsp3) is 0.357.